The minimum atomic E-state index is -0.892. The molecule has 15 heavy (non-hydrogen) atoms. The van der Waals surface area contributed by atoms with Crippen LogP contribution in [0.5, 0.6) is 0 Å². The Morgan fingerprint density at radius 1 is 1.40 bits per heavy atom. The van der Waals surface area contributed by atoms with E-state index in [1.165, 1.54) is 11.3 Å². The van der Waals surface area contributed by atoms with Crippen molar-refractivity contribution in [1.29, 1.82) is 0 Å². The van der Waals surface area contributed by atoms with E-state index in [-0.39, 0.29) is 11.8 Å². The van der Waals surface area contributed by atoms with E-state index >= 15 is 0 Å². The van der Waals surface area contributed by atoms with E-state index < -0.39 is 11.6 Å². The number of carbonyl (C=O) groups excluding carboxylic acids is 2. The SMILES string of the molecule is CC(C)[C@]1(c2ccsc2)NC(=O)NC1=O. The van der Waals surface area contributed by atoms with Crippen molar-refractivity contribution >= 4 is 23.3 Å². The molecule has 2 N–H and O–H groups in total. The zero-order valence-electron chi connectivity index (χ0n) is 8.53. The monoisotopic (exact) mass is 224 g/mol. The van der Waals surface area contributed by atoms with Crippen molar-refractivity contribution in [3.8, 4) is 0 Å². The molecule has 0 aliphatic carbocycles. The highest BCUT2D eigenvalue weighted by Crippen LogP contribution is 2.33. The average molecular weight is 224 g/mol. The molecule has 1 atom stereocenters. The first-order chi connectivity index (χ1) is 7.07. The van der Waals surface area contributed by atoms with E-state index in [9.17, 15) is 9.59 Å². The van der Waals surface area contributed by atoms with Gasteiger partial charge in [0.15, 0.2) is 0 Å². The molecular formula is C10H12N2O2S. The average Bonchev–Trinajstić information content (AvgIpc) is 2.72. The predicted octanol–water partition coefficient (Wildman–Crippen LogP) is 1.44. The molecule has 1 aliphatic heterocycles. The lowest BCUT2D eigenvalue weighted by Crippen LogP contribution is -2.48. The lowest BCUT2D eigenvalue weighted by molar-refractivity contribution is -0.125. The normalized spacial score (nSPS) is 25.5. The Balaban J connectivity index is 2.51. The van der Waals surface area contributed by atoms with E-state index in [0.29, 0.717) is 0 Å². The maximum Gasteiger partial charge on any atom is 0.322 e. The molecule has 3 amide bonds. The third-order valence-electron chi connectivity index (χ3n) is 2.74. The molecule has 1 aliphatic rings. The lowest BCUT2D eigenvalue weighted by atomic mass is 9.81. The lowest BCUT2D eigenvalue weighted by Gasteiger charge is -2.29. The van der Waals surface area contributed by atoms with Gasteiger partial charge < -0.3 is 5.32 Å². The van der Waals surface area contributed by atoms with E-state index in [1.807, 2.05) is 30.7 Å². The van der Waals surface area contributed by atoms with Gasteiger partial charge in [-0.25, -0.2) is 4.79 Å². The fourth-order valence-electron chi connectivity index (χ4n) is 1.90. The van der Waals surface area contributed by atoms with Gasteiger partial charge in [0.25, 0.3) is 5.91 Å². The summed E-state index contributed by atoms with van der Waals surface area (Å²) in [6, 6.07) is 1.45. The van der Waals surface area contributed by atoms with Crippen molar-refractivity contribution in [3.63, 3.8) is 0 Å². The van der Waals surface area contributed by atoms with Crippen molar-refractivity contribution in [2.24, 2.45) is 5.92 Å². The van der Waals surface area contributed by atoms with Gasteiger partial charge >= 0.3 is 6.03 Å². The first-order valence-corrected chi connectivity index (χ1v) is 5.68. The first kappa shape index (κ1) is 10.2. The van der Waals surface area contributed by atoms with E-state index in [1.54, 1.807) is 0 Å². The van der Waals surface area contributed by atoms with Gasteiger partial charge in [-0.1, -0.05) is 13.8 Å². The summed E-state index contributed by atoms with van der Waals surface area (Å²) in [5.74, 6) is -0.251. The first-order valence-electron chi connectivity index (χ1n) is 4.73. The number of thiophene rings is 1. The molecule has 2 heterocycles. The Bertz CT molecular complexity index is 400. The zero-order chi connectivity index (χ0) is 11.1. The number of carbonyl (C=O) groups is 2. The van der Waals surface area contributed by atoms with Gasteiger partial charge in [0, 0.05) is 0 Å². The van der Waals surface area contributed by atoms with Gasteiger partial charge in [0.05, 0.1) is 0 Å². The molecule has 1 saturated heterocycles. The van der Waals surface area contributed by atoms with Crippen LogP contribution in [0.1, 0.15) is 19.4 Å². The molecular weight excluding hydrogens is 212 g/mol. The summed E-state index contributed by atoms with van der Waals surface area (Å²) in [6.07, 6.45) is 0. The van der Waals surface area contributed by atoms with Gasteiger partial charge in [0.1, 0.15) is 5.54 Å². The molecule has 1 fully saturated rings. The smallest absolute Gasteiger partial charge is 0.319 e. The molecule has 80 valence electrons. The summed E-state index contributed by atoms with van der Waals surface area (Å²) in [5, 5.41) is 8.81. The van der Waals surface area contributed by atoms with Gasteiger partial charge in [-0.15, -0.1) is 0 Å². The molecule has 0 unspecified atom stereocenters. The third-order valence-corrected chi connectivity index (χ3v) is 3.42. The van der Waals surface area contributed by atoms with Gasteiger partial charge in [0.2, 0.25) is 0 Å². The maximum absolute atomic E-state index is 11.9. The van der Waals surface area contributed by atoms with E-state index in [2.05, 4.69) is 10.6 Å². The number of hydrogen-bond acceptors (Lipinski definition) is 3. The molecule has 1 aromatic rings. The van der Waals surface area contributed by atoms with Crippen LogP contribution >= 0.6 is 11.3 Å². The molecule has 0 spiro atoms. The van der Waals surface area contributed by atoms with Crippen molar-refractivity contribution in [3.05, 3.63) is 22.4 Å². The van der Waals surface area contributed by atoms with Crippen molar-refractivity contribution in [2.45, 2.75) is 19.4 Å². The van der Waals surface area contributed by atoms with Gasteiger partial charge in [-0.05, 0) is 28.3 Å². The Labute approximate surface area is 91.7 Å². The summed E-state index contributed by atoms with van der Waals surface area (Å²) < 4.78 is 0. The van der Waals surface area contributed by atoms with E-state index in [4.69, 9.17) is 0 Å². The Kier molecular flexibility index (Phi) is 2.26. The quantitative estimate of drug-likeness (QED) is 0.747. The van der Waals surface area contributed by atoms with Crippen LogP contribution in [-0.2, 0) is 10.3 Å². The van der Waals surface area contributed by atoms with Crippen LogP contribution < -0.4 is 10.6 Å². The molecule has 2 rings (SSSR count). The minimum Gasteiger partial charge on any atom is -0.319 e. The fourth-order valence-corrected chi connectivity index (χ4v) is 2.62. The van der Waals surface area contributed by atoms with Crippen LogP contribution in [0.4, 0.5) is 4.79 Å². The standard InChI is InChI=1S/C10H12N2O2S/c1-6(2)10(7-3-4-15-5-7)8(13)11-9(14)12-10/h3-6H,1-2H3,(H2,11,12,13,14)/t10-/m1/s1. The second-order valence-corrected chi connectivity index (χ2v) is 4.66. The van der Waals surface area contributed by atoms with Crippen molar-refractivity contribution in [2.75, 3.05) is 0 Å². The number of imide groups is 1. The second kappa shape index (κ2) is 3.34. The Morgan fingerprint density at radius 3 is 2.53 bits per heavy atom. The third kappa shape index (κ3) is 1.34. The summed E-state index contributed by atoms with van der Waals surface area (Å²) in [7, 11) is 0. The largest absolute Gasteiger partial charge is 0.322 e. The molecule has 4 nitrogen and oxygen atoms in total. The molecule has 0 radical (unpaired) electrons. The highest BCUT2D eigenvalue weighted by atomic mass is 32.1. The number of amides is 3. The van der Waals surface area contributed by atoms with Gasteiger partial charge in [-0.2, -0.15) is 11.3 Å². The summed E-state index contributed by atoms with van der Waals surface area (Å²) in [4.78, 5) is 23.1. The predicted molar refractivity (Wildman–Crippen MR) is 57.5 cm³/mol. The number of rotatable bonds is 2. The Hall–Kier alpha value is -1.36. The van der Waals surface area contributed by atoms with Crippen molar-refractivity contribution in [1.82, 2.24) is 10.6 Å². The van der Waals surface area contributed by atoms with Crippen LogP contribution in [0, 0.1) is 5.92 Å². The van der Waals surface area contributed by atoms with Gasteiger partial charge in [-0.3, -0.25) is 10.1 Å². The van der Waals surface area contributed by atoms with Crippen LogP contribution in [0.15, 0.2) is 16.8 Å². The summed E-state index contributed by atoms with van der Waals surface area (Å²) in [5.41, 5.74) is -0.0391. The van der Waals surface area contributed by atoms with Crippen LogP contribution in [0.25, 0.3) is 0 Å². The van der Waals surface area contributed by atoms with Crippen LogP contribution in [0.2, 0.25) is 0 Å². The summed E-state index contributed by atoms with van der Waals surface area (Å²) >= 11 is 1.51. The fraction of sp³-hybridized carbons (Fsp3) is 0.400. The molecule has 0 saturated carbocycles. The topological polar surface area (TPSA) is 58.2 Å². The molecule has 5 heteroatoms. The minimum absolute atomic E-state index is 0.0125. The molecule has 0 aromatic carbocycles. The summed E-state index contributed by atoms with van der Waals surface area (Å²) in [6.45, 7) is 3.84. The van der Waals surface area contributed by atoms with E-state index in [0.717, 1.165) is 5.56 Å². The van der Waals surface area contributed by atoms with Crippen molar-refractivity contribution < 1.29 is 9.59 Å². The maximum atomic E-state index is 11.9. The number of urea groups is 1. The highest BCUT2D eigenvalue weighted by Gasteiger charge is 2.50. The highest BCUT2D eigenvalue weighted by molar-refractivity contribution is 7.08. The molecule has 1 aromatic heterocycles. The Morgan fingerprint density at radius 2 is 2.13 bits per heavy atom. The molecule has 0 bridgehead atoms. The number of nitrogens with one attached hydrogen (secondary N) is 2. The van der Waals surface area contributed by atoms with Crippen LogP contribution in [-0.4, -0.2) is 11.9 Å². The number of hydrogen-bond donors (Lipinski definition) is 2. The second-order valence-electron chi connectivity index (χ2n) is 3.88. The van der Waals surface area contributed by atoms with Crippen LogP contribution in [0.3, 0.4) is 0 Å². The zero-order valence-corrected chi connectivity index (χ0v) is 9.35.